The van der Waals surface area contributed by atoms with Crippen LogP contribution >= 0.6 is 0 Å². The van der Waals surface area contributed by atoms with Gasteiger partial charge in [-0.2, -0.15) is 0 Å². The second kappa shape index (κ2) is 3.96. The molecule has 0 radical (unpaired) electrons. The zero-order chi connectivity index (χ0) is 9.97. The topological polar surface area (TPSA) is 32.3 Å². The van der Waals surface area contributed by atoms with Crippen molar-refractivity contribution in [3.63, 3.8) is 0 Å². The van der Waals surface area contributed by atoms with Gasteiger partial charge in [-0.05, 0) is 30.5 Å². The molecule has 2 unspecified atom stereocenters. The first kappa shape index (κ1) is 9.46. The fourth-order valence-corrected chi connectivity index (χ4v) is 1.81. The lowest BCUT2D eigenvalue weighted by Gasteiger charge is -2.26. The summed E-state index contributed by atoms with van der Waals surface area (Å²) in [5, 5.41) is 12.3. The molecule has 0 bridgehead atoms. The second-order valence-corrected chi connectivity index (χ2v) is 3.73. The quantitative estimate of drug-likeness (QED) is 0.719. The minimum absolute atomic E-state index is 0.239. The second-order valence-electron chi connectivity index (χ2n) is 3.73. The van der Waals surface area contributed by atoms with Crippen LogP contribution in [0.2, 0.25) is 0 Å². The predicted molar refractivity (Wildman–Crippen MR) is 53.0 cm³/mol. The molecular formula is C11H14FNO. The molecule has 0 amide bonds. The van der Waals surface area contributed by atoms with E-state index in [0.29, 0.717) is 13.0 Å². The van der Waals surface area contributed by atoms with E-state index in [9.17, 15) is 4.39 Å². The number of phenols is 1. The standard InChI is InChI=1S/C11H14FNO/c12-9-3-6-11(13-7-9)8-1-4-10(14)5-2-8/h1-2,4-5,9,11,13-14H,3,6-7H2. The van der Waals surface area contributed by atoms with Crippen LogP contribution in [0.1, 0.15) is 24.4 Å². The zero-order valence-corrected chi connectivity index (χ0v) is 7.91. The van der Waals surface area contributed by atoms with Gasteiger partial charge >= 0.3 is 0 Å². The van der Waals surface area contributed by atoms with E-state index in [0.717, 1.165) is 12.0 Å². The largest absolute Gasteiger partial charge is 0.508 e. The molecule has 0 saturated carbocycles. The molecule has 1 fully saturated rings. The van der Waals surface area contributed by atoms with Crippen LogP contribution < -0.4 is 5.32 Å². The normalized spacial score (nSPS) is 27.5. The lowest BCUT2D eigenvalue weighted by Crippen LogP contribution is -2.34. The Labute approximate surface area is 82.8 Å². The highest BCUT2D eigenvalue weighted by Gasteiger charge is 2.20. The molecule has 0 aliphatic carbocycles. The summed E-state index contributed by atoms with van der Waals surface area (Å²) in [6.45, 7) is 0.436. The highest BCUT2D eigenvalue weighted by Crippen LogP contribution is 2.25. The van der Waals surface area contributed by atoms with Crippen LogP contribution in [-0.2, 0) is 0 Å². The summed E-state index contributed by atoms with van der Waals surface area (Å²) in [5.41, 5.74) is 1.12. The Hall–Kier alpha value is -1.09. The Kier molecular flexibility index (Phi) is 2.68. The van der Waals surface area contributed by atoms with E-state index >= 15 is 0 Å². The van der Waals surface area contributed by atoms with Gasteiger partial charge in [0.05, 0.1) is 0 Å². The van der Waals surface area contributed by atoms with Crippen LogP contribution in [0.15, 0.2) is 24.3 Å². The van der Waals surface area contributed by atoms with Gasteiger partial charge in [-0.1, -0.05) is 12.1 Å². The number of nitrogens with one attached hydrogen (secondary N) is 1. The molecule has 2 nitrogen and oxygen atoms in total. The number of aromatic hydroxyl groups is 1. The number of rotatable bonds is 1. The molecule has 76 valence electrons. The summed E-state index contributed by atoms with van der Waals surface area (Å²) in [7, 11) is 0. The van der Waals surface area contributed by atoms with E-state index in [1.165, 1.54) is 0 Å². The predicted octanol–water partition coefficient (Wildman–Crippen LogP) is 2.15. The number of phenolic OH excluding ortho intramolecular Hbond substituents is 1. The van der Waals surface area contributed by atoms with Crippen LogP contribution in [-0.4, -0.2) is 17.8 Å². The molecule has 3 heteroatoms. The molecule has 2 N–H and O–H groups in total. The van der Waals surface area contributed by atoms with Gasteiger partial charge in [0, 0.05) is 12.6 Å². The van der Waals surface area contributed by atoms with Crippen molar-refractivity contribution in [3.05, 3.63) is 29.8 Å². The molecule has 2 rings (SSSR count). The van der Waals surface area contributed by atoms with E-state index in [-0.39, 0.29) is 11.8 Å². The van der Waals surface area contributed by atoms with Crippen LogP contribution in [0.3, 0.4) is 0 Å². The zero-order valence-electron chi connectivity index (χ0n) is 7.91. The number of benzene rings is 1. The summed E-state index contributed by atoms with van der Waals surface area (Å²) < 4.78 is 12.8. The third-order valence-corrected chi connectivity index (χ3v) is 2.65. The summed E-state index contributed by atoms with van der Waals surface area (Å²) >= 11 is 0. The van der Waals surface area contributed by atoms with Crippen molar-refractivity contribution in [2.75, 3.05) is 6.54 Å². The van der Waals surface area contributed by atoms with Crippen LogP contribution in [0, 0.1) is 0 Å². The molecule has 14 heavy (non-hydrogen) atoms. The van der Waals surface area contributed by atoms with Crippen LogP contribution in [0.25, 0.3) is 0 Å². The average Bonchev–Trinajstić information content (AvgIpc) is 2.21. The monoisotopic (exact) mass is 195 g/mol. The van der Waals surface area contributed by atoms with E-state index in [4.69, 9.17) is 5.11 Å². The summed E-state index contributed by atoms with van der Waals surface area (Å²) in [6, 6.07) is 7.33. The van der Waals surface area contributed by atoms with E-state index in [1.54, 1.807) is 12.1 Å². The van der Waals surface area contributed by atoms with Crippen molar-refractivity contribution in [1.29, 1.82) is 0 Å². The van der Waals surface area contributed by atoms with Gasteiger partial charge in [-0.15, -0.1) is 0 Å². The molecule has 1 aromatic carbocycles. The van der Waals surface area contributed by atoms with Crippen molar-refractivity contribution in [2.45, 2.75) is 25.1 Å². The summed E-state index contributed by atoms with van der Waals surface area (Å²) in [6.07, 6.45) is 0.744. The van der Waals surface area contributed by atoms with Gasteiger partial charge in [0.2, 0.25) is 0 Å². The molecule has 2 atom stereocenters. The van der Waals surface area contributed by atoms with Gasteiger partial charge in [0.15, 0.2) is 0 Å². The molecule has 1 aliphatic heterocycles. The lowest BCUT2D eigenvalue weighted by molar-refractivity contribution is 0.234. The van der Waals surface area contributed by atoms with E-state index in [2.05, 4.69) is 5.32 Å². The maximum Gasteiger partial charge on any atom is 0.115 e. The SMILES string of the molecule is Oc1ccc(C2CCC(F)CN2)cc1. The fourth-order valence-electron chi connectivity index (χ4n) is 1.81. The Bertz CT molecular complexity index is 291. The van der Waals surface area contributed by atoms with Crippen molar-refractivity contribution in [2.24, 2.45) is 0 Å². The summed E-state index contributed by atoms with van der Waals surface area (Å²) in [5.74, 6) is 0.271. The maximum atomic E-state index is 12.8. The Morgan fingerprint density at radius 3 is 2.50 bits per heavy atom. The Morgan fingerprint density at radius 1 is 1.21 bits per heavy atom. The Morgan fingerprint density at radius 2 is 1.93 bits per heavy atom. The number of hydrogen-bond acceptors (Lipinski definition) is 2. The van der Waals surface area contributed by atoms with Crippen molar-refractivity contribution in [3.8, 4) is 5.75 Å². The van der Waals surface area contributed by atoms with Crippen molar-refractivity contribution >= 4 is 0 Å². The summed E-state index contributed by atoms with van der Waals surface area (Å²) in [4.78, 5) is 0. The highest BCUT2D eigenvalue weighted by molar-refractivity contribution is 5.28. The first-order valence-electron chi connectivity index (χ1n) is 4.92. The fraction of sp³-hybridized carbons (Fsp3) is 0.455. The minimum atomic E-state index is -0.705. The molecule has 1 aliphatic rings. The molecule has 0 spiro atoms. The molecule has 1 aromatic rings. The van der Waals surface area contributed by atoms with Crippen LogP contribution in [0.5, 0.6) is 5.75 Å². The van der Waals surface area contributed by atoms with Gasteiger partial charge in [-0.3, -0.25) is 0 Å². The van der Waals surface area contributed by atoms with Crippen molar-refractivity contribution < 1.29 is 9.50 Å². The third-order valence-electron chi connectivity index (χ3n) is 2.65. The van der Waals surface area contributed by atoms with E-state index in [1.807, 2.05) is 12.1 Å². The molecule has 0 aromatic heterocycles. The number of halogens is 1. The van der Waals surface area contributed by atoms with Gasteiger partial charge in [0.25, 0.3) is 0 Å². The highest BCUT2D eigenvalue weighted by atomic mass is 19.1. The van der Waals surface area contributed by atoms with Gasteiger partial charge < -0.3 is 10.4 Å². The minimum Gasteiger partial charge on any atom is -0.508 e. The number of piperidine rings is 1. The Balaban J connectivity index is 2.05. The van der Waals surface area contributed by atoms with Crippen LogP contribution in [0.4, 0.5) is 4.39 Å². The third kappa shape index (κ3) is 2.04. The van der Waals surface area contributed by atoms with Gasteiger partial charge in [-0.25, -0.2) is 4.39 Å². The average molecular weight is 195 g/mol. The molecule has 1 heterocycles. The number of alkyl halides is 1. The lowest BCUT2D eigenvalue weighted by atomic mass is 9.97. The maximum absolute atomic E-state index is 12.8. The van der Waals surface area contributed by atoms with Crippen molar-refractivity contribution in [1.82, 2.24) is 5.32 Å². The first-order chi connectivity index (χ1) is 6.75. The van der Waals surface area contributed by atoms with E-state index < -0.39 is 6.17 Å². The number of hydrogen-bond donors (Lipinski definition) is 2. The molecular weight excluding hydrogens is 181 g/mol. The first-order valence-corrected chi connectivity index (χ1v) is 4.92. The molecule has 1 saturated heterocycles. The smallest absolute Gasteiger partial charge is 0.115 e. The van der Waals surface area contributed by atoms with Gasteiger partial charge in [0.1, 0.15) is 11.9 Å².